The van der Waals surface area contributed by atoms with Gasteiger partial charge in [0.05, 0.1) is 11.1 Å². The second-order valence-electron chi connectivity index (χ2n) is 5.17. The number of H-pyrrole nitrogens is 2. The van der Waals surface area contributed by atoms with E-state index in [9.17, 15) is 9.59 Å². The first-order valence-electron chi connectivity index (χ1n) is 7.40. The highest BCUT2D eigenvalue weighted by Crippen LogP contribution is 2.11. The third-order valence-corrected chi connectivity index (χ3v) is 3.40. The number of hydrogen-bond acceptors (Lipinski definition) is 4. The molecule has 6 heteroatoms. The van der Waals surface area contributed by atoms with Crippen LogP contribution in [0.2, 0.25) is 0 Å². The number of aromatic amines is 2. The van der Waals surface area contributed by atoms with Crippen molar-refractivity contribution in [1.82, 2.24) is 9.97 Å². The van der Waals surface area contributed by atoms with Crippen molar-refractivity contribution in [3.05, 3.63) is 83.4 Å². The summed E-state index contributed by atoms with van der Waals surface area (Å²) in [4.78, 5) is 29.9. The molecule has 2 aromatic heterocycles. The number of rotatable bonds is 6. The standard InChI is InChI=1S/C18H16N2O4/c21-17(23-11-13-4-6-19-9-13)15-2-1-3-16(8-15)18(22)24-12-14-5-7-20-10-14/h1-10,19-20H,11-12H2. The van der Waals surface area contributed by atoms with Crippen LogP contribution in [0, 0.1) is 0 Å². The molecule has 1 aromatic carbocycles. The van der Waals surface area contributed by atoms with Crippen molar-refractivity contribution in [2.75, 3.05) is 0 Å². The zero-order valence-electron chi connectivity index (χ0n) is 12.8. The Morgan fingerprint density at radius 3 is 1.71 bits per heavy atom. The number of hydrogen-bond donors (Lipinski definition) is 2. The summed E-state index contributed by atoms with van der Waals surface area (Å²) in [7, 11) is 0. The Bertz CT molecular complexity index is 742. The number of nitrogens with one attached hydrogen (secondary N) is 2. The molecule has 0 saturated heterocycles. The van der Waals surface area contributed by atoms with Crippen molar-refractivity contribution in [3.8, 4) is 0 Å². The van der Waals surface area contributed by atoms with Crippen molar-refractivity contribution in [1.29, 1.82) is 0 Å². The summed E-state index contributed by atoms with van der Waals surface area (Å²) in [6.45, 7) is 0.342. The molecule has 0 atom stereocenters. The fourth-order valence-electron chi connectivity index (χ4n) is 2.13. The average molecular weight is 324 g/mol. The van der Waals surface area contributed by atoms with Gasteiger partial charge in [-0.05, 0) is 30.3 Å². The lowest BCUT2D eigenvalue weighted by Gasteiger charge is -2.06. The Hall–Kier alpha value is -3.28. The Kier molecular flexibility index (Phi) is 4.76. The van der Waals surface area contributed by atoms with Crippen molar-refractivity contribution < 1.29 is 19.1 Å². The molecule has 0 aliphatic carbocycles. The van der Waals surface area contributed by atoms with E-state index in [0.717, 1.165) is 11.1 Å². The predicted octanol–water partition coefficient (Wildman–Crippen LogP) is 3.06. The first kappa shape index (κ1) is 15.6. The van der Waals surface area contributed by atoms with Crippen molar-refractivity contribution >= 4 is 11.9 Å². The van der Waals surface area contributed by atoms with Crippen LogP contribution >= 0.6 is 0 Å². The van der Waals surface area contributed by atoms with E-state index < -0.39 is 11.9 Å². The van der Waals surface area contributed by atoms with E-state index >= 15 is 0 Å². The van der Waals surface area contributed by atoms with Gasteiger partial charge in [-0.15, -0.1) is 0 Å². The fourth-order valence-corrected chi connectivity index (χ4v) is 2.13. The molecule has 2 heterocycles. The maximum absolute atomic E-state index is 12.1. The molecular formula is C18H16N2O4. The second-order valence-corrected chi connectivity index (χ2v) is 5.17. The number of ether oxygens (including phenoxy) is 2. The molecule has 24 heavy (non-hydrogen) atoms. The highest BCUT2D eigenvalue weighted by Gasteiger charge is 2.13. The average Bonchev–Trinajstić information content (AvgIpc) is 3.31. The molecule has 0 spiro atoms. The van der Waals surface area contributed by atoms with E-state index in [4.69, 9.17) is 9.47 Å². The van der Waals surface area contributed by atoms with Gasteiger partial charge in [0, 0.05) is 35.9 Å². The van der Waals surface area contributed by atoms with Crippen LogP contribution < -0.4 is 0 Å². The van der Waals surface area contributed by atoms with Crippen LogP contribution in [0.15, 0.2) is 61.2 Å². The molecule has 0 aliphatic rings. The predicted molar refractivity (Wildman–Crippen MR) is 86.3 cm³/mol. The van der Waals surface area contributed by atoms with Crippen molar-refractivity contribution in [2.45, 2.75) is 13.2 Å². The zero-order valence-corrected chi connectivity index (χ0v) is 12.8. The summed E-state index contributed by atoms with van der Waals surface area (Å²) in [6, 6.07) is 9.94. The summed E-state index contributed by atoms with van der Waals surface area (Å²) in [5.41, 5.74) is 2.35. The normalized spacial score (nSPS) is 10.3. The van der Waals surface area contributed by atoms with Gasteiger partial charge in [0.25, 0.3) is 0 Å². The molecule has 0 unspecified atom stereocenters. The molecule has 0 radical (unpaired) electrons. The van der Waals surface area contributed by atoms with Gasteiger partial charge in [0.15, 0.2) is 0 Å². The molecule has 0 aliphatic heterocycles. The highest BCUT2D eigenvalue weighted by atomic mass is 16.5. The molecule has 3 rings (SSSR count). The van der Waals surface area contributed by atoms with Crippen LogP contribution in [0.3, 0.4) is 0 Å². The maximum Gasteiger partial charge on any atom is 0.338 e. The smallest absolute Gasteiger partial charge is 0.338 e. The first-order chi connectivity index (χ1) is 11.7. The van der Waals surface area contributed by atoms with E-state index in [1.54, 1.807) is 43.0 Å². The molecule has 0 saturated carbocycles. The van der Waals surface area contributed by atoms with Gasteiger partial charge in [-0.25, -0.2) is 9.59 Å². The van der Waals surface area contributed by atoms with E-state index in [1.807, 2.05) is 12.1 Å². The lowest BCUT2D eigenvalue weighted by atomic mass is 10.1. The van der Waals surface area contributed by atoms with Gasteiger partial charge in [-0.2, -0.15) is 0 Å². The molecular weight excluding hydrogens is 308 g/mol. The van der Waals surface area contributed by atoms with Gasteiger partial charge in [0.1, 0.15) is 13.2 Å². The zero-order chi connectivity index (χ0) is 16.8. The lowest BCUT2D eigenvalue weighted by Crippen LogP contribution is -2.09. The third kappa shape index (κ3) is 3.92. The number of carbonyl (C=O) groups excluding carboxylic acids is 2. The molecule has 2 N–H and O–H groups in total. The largest absolute Gasteiger partial charge is 0.457 e. The SMILES string of the molecule is O=C(OCc1cc[nH]c1)c1cccc(C(=O)OCc2cc[nH]c2)c1. The monoisotopic (exact) mass is 324 g/mol. The van der Waals surface area contributed by atoms with Gasteiger partial charge < -0.3 is 19.4 Å². The number of carbonyl (C=O) groups is 2. The van der Waals surface area contributed by atoms with Crippen LogP contribution in [-0.2, 0) is 22.7 Å². The van der Waals surface area contributed by atoms with Crippen molar-refractivity contribution in [2.24, 2.45) is 0 Å². The summed E-state index contributed by atoms with van der Waals surface area (Å²) < 4.78 is 10.4. The summed E-state index contributed by atoms with van der Waals surface area (Å²) in [6.07, 6.45) is 7.01. The Labute approximate surface area is 138 Å². The Morgan fingerprint density at radius 2 is 1.29 bits per heavy atom. The molecule has 3 aromatic rings. The summed E-state index contributed by atoms with van der Waals surface area (Å²) in [5.74, 6) is -0.979. The van der Waals surface area contributed by atoms with E-state index in [0.29, 0.717) is 11.1 Å². The fraction of sp³-hybridized carbons (Fsp3) is 0.111. The van der Waals surface area contributed by atoms with Gasteiger partial charge >= 0.3 is 11.9 Å². The van der Waals surface area contributed by atoms with Crippen LogP contribution in [-0.4, -0.2) is 21.9 Å². The highest BCUT2D eigenvalue weighted by molar-refractivity contribution is 5.95. The van der Waals surface area contributed by atoms with Crippen LogP contribution in [0.5, 0.6) is 0 Å². The van der Waals surface area contributed by atoms with Gasteiger partial charge in [-0.1, -0.05) is 6.07 Å². The van der Waals surface area contributed by atoms with Gasteiger partial charge in [0.2, 0.25) is 0 Å². The molecule has 0 bridgehead atoms. The van der Waals surface area contributed by atoms with E-state index in [1.165, 1.54) is 6.07 Å². The van der Waals surface area contributed by atoms with Gasteiger partial charge in [-0.3, -0.25) is 0 Å². The van der Waals surface area contributed by atoms with Crippen LogP contribution in [0.4, 0.5) is 0 Å². The second kappa shape index (κ2) is 7.32. The molecule has 0 fully saturated rings. The third-order valence-electron chi connectivity index (χ3n) is 3.40. The van der Waals surface area contributed by atoms with Crippen molar-refractivity contribution in [3.63, 3.8) is 0 Å². The molecule has 122 valence electrons. The van der Waals surface area contributed by atoms with Crippen LogP contribution in [0.1, 0.15) is 31.8 Å². The number of esters is 2. The minimum Gasteiger partial charge on any atom is -0.457 e. The van der Waals surface area contributed by atoms with Crippen LogP contribution in [0.25, 0.3) is 0 Å². The maximum atomic E-state index is 12.1. The number of aromatic nitrogens is 2. The summed E-state index contributed by atoms with van der Waals surface area (Å²) >= 11 is 0. The quantitative estimate of drug-likeness (QED) is 0.683. The van der Waals surface area contributed by atoms with E-state index in [2.05, 4.69) is 9.97 Å². The minimum atomic E-state index is -0.489. The Morgan fingerprint density at radius 1 is 0.792 bits per heavy atom. The minimum absolute atomic E-state index is 0.171. The lowest BCUT2D eigenvalue weighted by molar-refractivity contribution is 0.0470. The Balaban J connectivity index is 1.60. The number of benzene rings is 1. The topological polar surface area (TPSA) is 84.2 Å². The summed E-state index contributed by atoms with van der Waals surface area (Å²) in [5, 5.41) is 0. The first-order valence-corrected chi connectivity index (χ1v) is 7.40. The molecule has 0 amide bonds. The molecule has 6 nitrogen and oxygen atoms in total. The van der Waals surface area contributed by atoms with E-state index in [-0.39, 0.29) is 13.2 Å².